The van der Waals surface area contributed by atoms with Crippen LogP contribution in [0.2, 0.25) is 5.02 Å². The van der Waals surface area contributed by atoms with E-state index < -0.39 is 44.3 Å². The molecule has 43 heavy (non-hydrogen) atoms. The van der Waals surface area contributed by atoms with Crippen molar-refractivity contribution in [3.63, 3.8) is 0 Å². The Bertz CT molecular complexity index is 1690. The highest BCUT2D eigenvalue weighted by Crippen LogP contribution is 2.45. The van der Waals surface area contributed by atoms with E-state index in [1.54, 1.807) is 24.3 Å². The molecule has 16 heteroatoms. The maximum Gasteiger partial charge on any atom is 0.387 e. The molecule has 0 atom stereocenters. The van der Waals surface area contributed by atoms with E-state index in [-0.39, 0.29) is 42.9 Å². The molecule has 0 bridgehead atoms. The average Bonchev–Trinajstić information content (AvgIpc) is 3.69. The number of non-ortho nitro benzene ring substituents is 1. The summed E-state index contributed by atoms with van der Waals surface area (Å²) in [6.07, 6.45) is 3.46. The molecule has 2 aromatic carbocycles. The fourth-order valence-electron chi connectivity index (χ4n) is 4.66. The first-order valence-corrected chi connectivity index (χ1v) is 15.3. The van der Waals surface area contributed by atoms with E-state index in [9.17, 15) is 32.1 Å². The van der Waals surface area contributed by atoms with Crippen LogP contribution in [0.1, 0.15) is 25.3 Å². The van der Waals surface area contributed by atoms with Crippen molar-refractivity contribution >= 4 is 33.0 Å². The van der Waals surface area contributed by atoms with Crippen molar-refractivity contribution in [3.05, 3.63) is 79.7 Å². The first-order valence-electron chi connectivity index (χ1n) is 13.3. The molecule has 2 heterocycles. The van der Waals surface area contributed by atoms with E-state index in [2.05, 4.69) is 16.8 Å². The Morgan fingerprint density at radius 1 is 1.14 bits per heavy atom. The van der Waals surface area contributed by atoms with E-state index in [0.717, 1.165) is 31.0 Å². The molecule has 2 aliphatic rings. The SMILES string of the molecule is CC1(COc2c(N3CCN(S(=O)(=O)Cc4ccc([N+](=O)[O-])cc4OC(F)F)CC3)cnn(-c3cccc(Cl)c3)c2=O)CC1. The summed E-state index contributed by atoms with van der Waals surface area (Å²) in [6, 6.07) is 9.57. The lowest BCUT2D eigenvalue weighted by atomic mass is 10.2. The van der Waals surface area contributed by atoms with Crippen LogP contribution in [0.3, 0.4) is 0 Å². The topological polar surface area (TPSA) is 137 Å². The van der Waals surface area contributed by atoms with Crippen LogP contribution in [0.4, 0.5) is 20.2 Å². The monoisotopic (exact) mass is 639 g/mol. The molecule has 1 saturated carbocycles. The number of sulfonamides is 1. The van der Waals surface area contributed by atoms with Gasteiger partial charge in [0.2, 0.25) is 15.8 Å². The van der Waals surface area contributed by atoms with Crippen LogP contribution >= 0.6 is 11.6 Å². The normalized spacial score (nSPS) is 16.7. The minimum atomic E-state index is -4.03. The van der Waals surface area contributed by atoms with Crippen molar-refractivity contribution < 1.29 is 31.6 Å². The Hall–Kier alpha value is -3.82. The Labute approximate surface area is 250 Å². The lowest BCUT2D eigenvalue weighted by Gasteiger charge is -2.35. The average molecular weight is 640 g/mol. The lowest BCUT2D eigenvalue weighted by Crippen LogP contribution is -2.49. The van der Waals surface area contributed by atoms with Crippen molar-refractivity contribution in [2.24, 2.45) is 5.41 Å². The summed E-state index contributed by atoms with van der Waals surface area (Å²) in [4.78, 5) is 25.7. The number of nitro groups is 1. The molecule has 1 aliphatic heterocycles. The summed E-state index contributed by atoms with van der Waals surface area (Å²) in [5, 5.41) is 15.8. The van der Waals surface area contributed by atoms with Crippen molar-refractivity contribution in [2.75, 3.05) is 37.7 Å². The number of alkyl halides is 2. The molecule has 230 valence electrons. The minimum Gasteiger partial charge on any atom is -0.486 e. The highest BCUT2D eigenvalue weighted by Gasteiger charge is 2.39. The van der Waals surface area contributed by atoms with Gasteiger partial charge >= 0.3 is 12.2 Å². The van der Waals surface area contributed by atoms with Gasteiger partial charge in [0, 0.05) is 48.2 Å². The summed E-state index contributed by atoms with van der Waals surface area (Å²) < 4.78 is 65.3. The Balaban J connectivity index is 1.35. The van der Waals surface area contributed by atoms with Gasteiger partial charge in [-0.15, -0.1) is 0 Å². The molecule has 1 aliphatic carbocycles. The standard InChI is InChI=1S/C27H28ClF2N5O7S/c1-27(7-8-27)17-41-24-22(15-31-34(25(24)36)20-4-2-3-19(28)13-20)32-9-11-33(12-10-32)43(39,40)16-18-5-6-21(35(37)38)14-23(18)42-26(29)30/h2-6,13-15,26H,7-12,16-17H2,1H3. The van der Waals surface area contributed by atoms with Gasteiger partial charge in [-0.1, -0.05) is 24.6 Å². The minimum absolute atomic E-state index is 0.0224. The fourth-order valence-corrected chi connectivity index (χ4v) is 6.38. The Morgan fingerprint density at radius 2 is 1.86 bits per heavy atom. The van der Waals surface area contributed by atoms with E-state index in [1.807, 2.05) is 4.90 Å². The third-order valence-electron chi connectivity index (χ3n) is 7.42. The molecule has 2 fully saturated rings. The van der Waals surface area contributed by atoms with Crippen LogP contribution in [0.15, 0.2) is 53.5 Å². The van der Waals surface area contributed by atoms with E-state index >= 15 is 0 Å². The molecule has 3 aromatic rings. The number of rotatable bonds is 11. The molecular weight excluding hydrogens is 612 g/mol. The number of ether oxygens (including phenoxy) is 2. The van der Waals surface area contributed by atoms with Crippen LogP contribution in [0, 0.1) is 15.5 Å². The second-order valence-electron chi connectivity index (χ2n) is 10.7. The van der Waals surface area contributed by atoms with Crippen LogP contribution in [0.5, 0.6) is 11.5 Å². The first-order chi connectivity index (χ1) is 20.3. The third kappa shape index (κ3) is 7.05. The number of halogens is 3. The van der Waals surface area contributed by atoms with E-state index in [1.165, 1.54) is 15.2 Å². The van der Waals surface area contributed by atoms with Crippen molar-refractivity contribution in [2.45, 2.75) is 32.1 Å². The molecule has 1 saturated heterocycles. The molecule has 12 nitrogen and oxygen atoms in total. The highest BCUT2D eigenvalue weighted by molar-refractivity contribution is 7.88. The number of hydrogen-bond donors (Lipinski definition) is 0. The van der Waals surface area contributed by atoms with Gasteiger partial charge in [-0.25, -0.2) is 8.42 Å². The number of nitro benzene ring substituents is 1. The number of benzene rings is 2. The Morgan fingerprint density at radius 3 is 2.49 bits per heavy atom. The molecular formula is C27H28ClF2N5O7S. The number of hydrogen-bond acceptors (Lipinski definition) is 9. The maximum atomic E-state index is 13.6. The largest absolute Gasteiger partial charge is 0.486 e. The number of nitrogens with zero attached hydrogens (tertiary/aromatic N) is 5. The van der Waals surface area contributed by atoms with Gasteiger partial charge in [-0.3, -0.25) is 14.9 Å². The van der Waals surface area contributed by atoms with Crippen LogP contribution < -0.4 is 19.9 Å². The van der Waals surface area contributed by atoms with Gasteiger partial charge in [0.25, 0.3) is 5.69 Å². The Kier molecular flexibility index (Phi) is 8.58. The molecule has 0 N–H and O–H groups in total. The zero-order chi connectivity index (χ0) is 30.9. The van der Waals surface area contributed by atoms with Crippen molar-refractivity contribution in [1.82, 2.24) is 14.1 Å². The van der Waals surface area contributed by atoms with Gasteiger partial charge in [0.15, 0.2) is 0 Å². The quantitative estimate of drug-likeness (QED) is 0.223. The lowest BCUT2D eigenvalue weighted by molar-refractivity contribution is -0.385. The summed E-state index contributed by atoms with van der Waals surface area (Å²) in [7, 11) is -4.03. The molecule has 5 rings (SSSR count). The van der Waals surface area contributed by atoms with Gasteiger partial charge in [-0.05, 0) is 37.1 Å². The molecule has 0 radical (unpaired) electrons. The maximum absolute atomic E-state index is 13.6. The van der Waals surface area contributed by atoms with Crippen molar-refractivity contribution in [1.29, 1.82) is 0 Å². The van der Waals surface area contributed by atoms with E-state index in [0.29, 0.717) is 23.0 Å². The van der Waals surface area contributed by atoms with Crippen molar-refractivity contribution in [3.8, 4) is 17.2 Å². The van der Waals surface area contributed by atoms with Crippen LogP contribution in [-0.2, 0) is 15.8 Å². The smallest absolute Gasteiger partial charge is 0.387 e. The predicted octanol–water partition coefficient (Wildman–Crippen LogP) is 4.23. The highest BCUT2D eigenvalue weighted by atomic mass is 35.5. The second kappa shape index (κ2) is 12.1. The van der Waals surface area contributed by atoms with Crippen LogP contribution in [0.25, 0.3) is 5.69 Å². The van der Waals surface area contributed by atoms with Crippen LogP contribution in [-0.4, -0.2) is 66.8 Å². The zero-order valence-electron chi connectivity index (χ0n) is 23.0. The third-order valence-corrected chi connectivity index (χ3v) is 9.49. The summed E-state index contributed by atoms with van der Waals surface area (Å²) in [6.45, 7) is -0.471. The predicted molar refractivity (Wildman–Crippen MR) is 154 cm³/mol. The fraction of sp³-hybridized carbons (Fsp3) is 0.407. The number of aromatic nitrogens is 2. The van der Waals surface area contributed by atoms with E-state index in [4.69, 9.17) is 16.3 Å². The number of piperazine rings is 1. The van der Waals surface area contributed by atoms with Gasteiger partial charge < -0.3 is 14.4 Å². The van der Waals surface area contributed by atoms with Gasteiger partial charge in [0.1, 0.15) is 11.4 Å². The second-order valence-corrected chi connectivity index (χ2v) is 13.1. The van der Waals surface area contributed by atoms with Gasteiger partial charge in [0.05, 0.1) is 35.2 Å². The summed E-state index contributed by atoms with van der Waals surface area (Å²) in [5.41, 5.74) is -0.262. The first kappa shape index (κ1) is 30.6. The number of anilines is 1. The molecule has 0 unspecified atom stereocenters. The molecule has 1 aromatic heterocycles. The molecule has 0 spiro atoms. The molecule has 0 amide bonds. The zero-order valence-corrected chi connectivity index (χ0v) is 24.6. The summed E-state index contributed by atoms with van der Waals surface area (Å²) in [5.74, 6) is -1.18. The van der Waals surface area contributed by atoms with Gasteiger partial charge in [-0.2, -0.15) is 22.9 Å². The summed E-state index contributed by atoms with van der Waals surface area (Å²) >= 11 is 6.12.